The Balaban J connectivity index is 1.82. The SMILES string of the molecule is COc1ccc(Cl)cc1NC(=O)CO/N=C/c1ccc(OC(F)F)cc1. The van der Waals surface area contributed by atoms with Crippen LogP contribution in [0.3, 0.4) is 0 Å². The van der Waals surface area contributed by atoms with Gasteiger partial charge < -0.3 is 19.6 Å². The van der Waals surface area contributed by atoms with Crippen molar-refractivity contribution in [1.29, 1.82) is 0 Å². The molecular weight excluding hydrogens is 370 g/mol. The number of rotatable bonds is 8. The molecule has 2 rings (SSSR count). The lowest BCUT2D eigenvalue weighted by Crippen LogP contribution is -2.17. The number of oxime groups is 1. The molecule has 0 heterocycles. The monoisotopic (exact) mass is 384 g/mol. The van der Waals surface area contributed by atoms with E-state index in [-0.39, 0.29) is 12.4 Å². The van der Waals surface area contributed by atoms with Crippen LogP contribution in [0.2, 0.25) is 5.02 Å². The van der Waals surface area contributed by atoms with Crippen molar-refractivity contribution in [3.8, 4) is 11.5 Å². The zero-order chi connectivity index (χ0) is 18.9. The second kappa shape index (κ2) is 9.57. The van der Waals surface area contributed by atoms with Crippen molar-refractivity contribution >= 4 is 29.4 Å². The van der Waals surface area contributed by atoms with Gasteiger partial charge in [-0.25, -0.2) is 0 Å². The Morgan fingerprint density at radius 1 is 1.27 bits per heavy atom. The minimum absolute atomic E-state index is 0.0351. The van der Waals surface area contributed by atoms with Crippen LogP contribution in [-0.4, -0.2) is 32.4 Å². The minimum Gasteiger partial charge on any atom is -0.495 e. The summed E-state index contributed by atoms with van der Waals surface area (Å²) in [5.41, 5.74) is 0.996. The Kier molecular flexibility index (Phi) is 7.16. The third-order valence-electron chi connectivity index (χ3n) is 3.01. The predicted octanol–water partition coefficient (Wildman–Crippen LogP) is 3.94. The van der Waals surface area contributed by atoms with E-state index >= 15 is 0 Å². The molecule has 1 amide bonds. The third kappa shape index (κ3) is 6.21. The van der Waals surface area contributed by atoms with Gasteiger partial charge in [-0.3, -0.25) is 4.79 Å². The van der Waals surface area contributed by atoms with Crippen LogP contribution in [-0.2, 0) is 9.63 Å². The van der Waals surface area contributed by atoms with Crippen LogP contribution < -0.4 is 14.8 Å². The quantitative estimate of drug-likeness (QED) is 0.553. The van der Waals surface area contributed by atoms with E-state index in [9.17, 15) is 13.6 Å². The van der Waals surface area contributed by atoms with Gasteiger partial charge in [0.25, 0.3) is 5.91 Å². The highest BCUT2D eigenvalue weighted by Crippen LogP contribution is 2.27. The molecule has 0 bridgehead atoms. The first kappa shape index (κ1) is 19.5. The number of halogens is 3. The summed E-state index contributed by atoms with van der Waals surface area (Å²) in [5.74, 6) is 0.0358. The first-order valence-corrected chi connectivity index (χ1v) is 7.69. The van der Waals surface area contributed by atoms with Crippen LogP contribution in [0, 0.1) is 0 Å². The number of nitrogens with one attached hydrogen (secondary N) is 1. The van der Waals surface area contributed by atoms with E-state index < -0.39 is 12.5 Å². The summed E-state index contributed by atoms with van der Waals surface area (Å²) in [7, 11) is 1.47. The molecule has 0 aromatic heterocycles. The number of alkyl halides is 2. The van der Waals surface area contributed by atoms with Gasteiger partial charge in [-0.05, 0) is 48.0 Å². The number of anilines is 1. The molecule has 0 aliphatic rings. The van der Waals surface area contributed by atoms with Gasteiger partial charge in [0.15, 0.2) is 6.61 Å². The standard InChI is InChI=1S/C17H15ClF2N2O4/c1-24-15-7-4-12(18)8-14(15)22-16(23)10-25-21-9-11-2-5-13(6-3-11)26-17(19)20/h2-9,17H,10H2,1H3,(H,22,23)/b21-9+. The van der Waals surface area contributed by atoms with Crippen molar-refractivity contribution in [3.05, 3.63) is 53.1 Å². The van der Waals surface area contributed by atoms with E-state index in [1.807, 2.05) is 0 Å². The third-order valence-corrected chi connectivity index (χ3v) is 3.25. The summed E-state index contributed by atoms with van der Waals surface area (Å²) < 4.78 is 33.4. The predicted molar refractivity (Wildman–Crippen MR) is 93.3 cm³/mol. The van der Waals surface area contributed by atoms with Gasteiger partial charge in [-0.15, -0.1) is 0 Å². The van der Waals surface area contributed by atoms with Crippen molar-refractivity contribution in [2.75, 3.05) is 19.0 Å². The Labute approximate surface area is 153 Å². The molecule has 0 radical (unpaired) electrons. The van der Waals surface area contributed by atoms with Crippen molar-refractivity contribution in [2.45, 2.75) is 6.61 Å². The fraction of sp³-hybridized carbons (Fsp3) is 0.176. The van der Waals surface area contributed by atoms with Gasteiger partial charge in [0.05, 0.1) is 19.0 Å². The van der Waals surface area contributed by atoms with Crippen LogP contribution in [0.4, 0.5) is 14.5 Å². The van der Waals surface area contributed by atoms with E-state index in [2.05, 4.69) is 15.2 Å². The molecule has 26 heavy (non-hydrogen) atoms. The zero-order valence-corrected chi connectivity index (χ0v) is 14.4. The minimum atomic E-state index is -2.88. The maximum atomic E-state index is 12.0. The Morgan fingerprint density at radius 3 is 2.65 bits per heavy atom. The molecular formula is C17H15ClF2N2O4. The van der Waals surface area contributed by atoms with Crippen LogP contribution in [0.25, 0.3) is 0 Å². The number of carbonyl (C=O) groups is 1. The number of benzene rings is 2. The van der Waals surface area contributed by atoms with Crippen molar-refractivity contribution in [2.24, 2.45) is 5.16 Å². The van der Waals surface area contributed by atoms with Gasteiger partial charge in [-0.2, -0.15) is 8.78 Å². The molecule has 6 nitrogen and oxygen atoms in total. The van der Waals surface area contributed by atoms with Gasteiger partial charge >= 0.3 is 6.61 Å². The lowest BCUT2D eigenvalue weighted by Gasteiger charge is -2.09. The Hall–Kier alpha value is -2.87. The molecule has 0 unspecified atom stereocenters. The average molecular weight is 385 g/mol. The molecule has 0 atom stereocenters. The first-order chi connectivity index (χ1) is 12.5. The van der Waals surface area contributed by atoms with Crippen molar-refractivity contribution in [3.63, 3.8) is 0 Å². The van der Waals surface area contributed by atoms with E-state index in [0.717, 1.165) is 0 Å². The van der Waals surface area contributed by atoms with E-state index in [1.165, 1.54) is 37.6 Å². The molecule has 138 valence electrons. The summed E-state index contributed by atoms with van der Waals surface area (Å²) >= 11 is 5.88. The molecule has 9 heteroatoms. The lowest BCUT2D eigenvalue weighted by molar-refractivity contribution is -0.120. The molecule has 2 aromatic rings. The lowest BCUT2D eigenvalue weighted by atomic mass is 10.2. The first-order valence-electron chi connectivity index (χ1n) is 7.31. The smallest absolute Gasteiger partial charge is 0.387 e. The molecule has 0 aliphatic carbocycles. The fourth-order valence-corrected chi connectivity index (χ4v) is 2.07. The summed E-state index contributed by atoms with van der Waals surface area (Å²) in [4.78, 5) is 16.8. The normalized spacial score (nSPS) is 10.8. The number of carbonyl (C=O) groups excluding carboxylic acids is 1. The summed E-state index contributed by atoms with van der Waals surface area (Å²) in [6, 6.07) is 10.6. The highest BCUT2D eigenvalue weighted by atomic mass is 35.5. The zero-order valence-electron chi connectivity index (χ0n) is 13.6. The number of hydrogen-bond donors (Lipinski definition) is 1. The number of amides is 1. The topological polar surface area (TPSA) is 69.2 Å². The summed E-state index contributed by atoms with van der Waals surface area (Å²) in [6.45, 7) is -3.21. The van der Waals surface area contributed by atoms with Gasteiger partial charge in [0, 0.05) is 5.02 Å². The maximum absolute atomic E-state index is 12.0. The number of ether oxygens (including phenoxy) is 2. The van der Waals surface area contributed by atoms with E-state index in [1.54, 1.807) is 18.2 Å². The van der Waals surface area contributed by atoms with Crippen LogP contribution in [0.15, 0.2) is 47.6 Å². The largest absolute Gasteiger partial charge is 0.495 e. The highest BCUT2D eigenvalue weighted by molar-refractivity contribution is 6.31. The van der Waals surface area contributed by atoms with Crippen LogP contribution in [0.5, 0.6) is 11.5 Å². The second-order valence-electron chi connectivity index (χ2n) is 4.85. The molecule has 0 aliphatic heterocycles. The van der Waals surface area contributed by atoms with E-state index in [0.29, 0.717) is 22.0 Å². The average Bonchev–Trinajstić information content (AvgIpc) is 2.60. The van der Waals surface area contributed by atoms with Gasteiger partial charge in [-0.1, -0.05) is 16.8 Å². The van der Waals surface area contributed by atoms with Crippen LogP contribution in [0.1, 0.15) is 5.56 Å². The molecule has 0 fully saturated rings. The maximum Gasteiger partial charge on any atom is 0.387 e. The summed E-state index contributed by atoms with van der Waals surface area (Å²) in [5, 5.41) is 6.68. The number of nitrogens with zero attached hydrogens (tertiary/aromatic N) is 1. The fourth-order valence-electron chi connectivity index (χ4n) is 1.89. The summed E-state index contributed by atoms with van der Waals surface area (Å²) in [6.07, 6.45) is 1.33. The Morgan fingerprint density at radius 2 is 2.00 bits per heavy atom. The second-order valence-corrected chi connectivity index (χ2v) is 5.28. The molecule has 0 saturated carbocycles. The number of hydrogen-bond acceptors (Lipinski definition) is 5. The molecule has 2 aromatic carbocycles. The molecule has 0 spiro atoms. The van der Waals surface area contributed by atoms with Crippen molar-refractivity contribution < 1.29 is 27.9 Å². The van der Waals surface area contributed by atoms with Gasteiger partial charge in [0.2, 0.25) is 0 Å². The molecule has 1 N–H and O–H groups in total. The van der Waals surface area contributed by atoms with Crippen LogP contribution >= 0.6 is 11.6 Å². The van der Waals surface area contributed by atoms with Crippen molar-refractivity contribution in [1.82, 2.24) is 0 Å². The van der Waals surface area contributed by atoms with Gasteiger partial charge in [0.1, 0.15) is 11.5 Å². The molecule has 0 saturated heterocycles. The highest BCUT2D eigenvalue weighted by Gasteiger charge is 2.08. The Bertz CT molecular complexity index is 770. The van der Waals surface area contributed by atoms with E-state index in [4.69, 9.17) is 21.2 Å². The number of methoxy groups -OCH3 is 1.